The van der Waals surface area contributed by atoms with Crippen LogP contribution in [0.1, 0.15) is 31.1 Å². The highest BCUT2D eigenvalue weighted by Crippen LogP contribution is 2.36. The quantitative estimate of drug-likeness (QED) is 0.852. The van der Waals surface area contributed by atoms with E-state index in [1.165, 1.54) is 45.4 Å². The highest BCUT2D eigenvalue weighted by Gasteiger charge is 2.32. The Morgan fingerprint density at radius 3 is 2.80 bits per heavy atom. The zero-order chi connectivity index (χ0) is 10.9. The highest BCUT2D eigenvalue weighted by molar-refractivity contribution is 9.13. The monoisotopic (exact) mass is 351 g/mol. The molecule has 1 aromatic heterocycles. The van der Waals surface area contributed by atoms with Crippen LogP contribution in [0, 0.1) is 0 Å². The summed E-state index contributed by atoms with van der Waals surface area (Å²) >= 11 is 8.95. The smallest absolute Gasteiger partial charge is 0.0843 e. The molecule has 0 bridgehead atoms. The molecule has 0 aromatic carbocycles. The van der Waals surface area contributed by atoms with Gasteiger partial charge in [0.05, 0.1) is 3.79 Å². The summed E-state index contributed by atoms with van der Waals surface area (Å²) in [6.45, 7) is 3.47. The SMILES string of the molecule is CCC1(Cc2cc(Br)c(Br)s2)CCCN1. The summed E-state index contributed by atoms with van der Waals surface area (Å²) in [6, 6.07) is 2.24. The van der Waals surface area contributed by atoms with Crippen molar-refractivity contribution in [2.75, 3.05) is 6.54 Å². The van der Waals surface area contributed by atoms with E-state index in [4.69, 9.17) is 0 Å². The van der Waals surface area contributed by atoms with Gasteiger partial charge in [0.2, 0.25) is 0 Å². The van der Waals surface area contributed by atoms with E-state index in [1.807, 2.05) is 11.3 Å². The van der Waals surface area contributed by atoms with E-state index in [0.29, 0.717) is 5.54 Å². The molecular weight excluding hydrogens is 338 g/mol. The van der Waals surface area contributed by atoms with Crippen LogP contribution in [0.5, 0.6) is 0 Å². The van der Waals surface area contributed by atoms with Crippen molar-refractivity contribution in [2.45, 2.75) is 38.1 Å². The predicted octanol–water partition coefficient (Wildman–Crippen LogP) is 4.35. The van der Waals surface area contributed by atoms with Gasteiger partial charge in [-0.3, -0.25) is 0 Å². The van der Waals surface area contributed by atoms with Crippen LogP contribution in [0.15, 0.2) is 14.3 Å². The number of hydrogen-bond acceptors (Lipinski definition) is 2. The fourth-order valence-corrected chi connectivity index (χ4v) is 4.58. The molecule has 84 valence electrons. The molecule has 1 nitrogen and oxygen atoms in total. The minimum absolute atomic E-state index is 0.365. The Hall–Kier alpha value is 0.620. The molecule has 0 radical (unpaired) electrons. The number of halogens is 2. The Morgan fingerprint density at radius 1 is 1.53 bits per heavy atom. The van der Waals surface area contributed by atoms with Crippen molar-refractivity contribution in [1.29, 1.82) is 0 Å². The molecule has 1 N–H and O–H groups in total. The lowest BCUT2D eigenvalue weighted by molar-refractivity contribution is 0.362. The molecule has 0 saturated carbocycles. The topological polar surface area (TPSA) is 12.0 Å². The molecule has 4 heteroatoms. The van der Waals surface area contributed by atoms with Crippen LogP contribution < -0.4 is 5.32 Å². The van der Waals surface area contributed by atoms with Gasteiger partial charge in [-0.25, -0.2) is 0 Å². The molecule has 1 unspecified atom stereocenters. The minimum Gasteiger partial charge on any atom is -0.311 e. The van der Waals surface area contributed by atoms with Crippen molar-refractivity contribution in [1.82, 2.24) is 5.32 Å². The molecule has 0 spiro atoms. The van der Waals surface area contributed by atoms with Gasteiger partial charge in [0.1, 0.15) is 0 Å². The molecule has 1 aliphatic rings. The van der Waals surface area contributed by atoms with Crippen molar-refractivity contribution < 1.29 is 0 Å². The first-order valence-electron chi connectivity index (χ1n) is 5.34. The number of rotatable bonds is 3. The third-order valence-electron chi connectivity index (χ3n) is 3.22. The van der Waals surface area contributed by atoms with E-state index in [2.05, 4.69) is 50.2 Å². The average Bonchev–Trinajstić information content (AvgIpc) is 2.77. The second kappa shape index (κ2) is 4.86. The normalized spacial score (nSPS) is 26.1. The molecule has 1 saturated heterocycles. The molecule has 2 heterocycles. The Labute approximate surface area is 112 Å². The maximum absolute atomic E-state index is 3.67. The minimum atomic E-state index is 0.365. The molecular formula is C11H15Br2NS. The molecule has 0 amide bonds. The first kappa shape index (κ1) is 12.1. The average molecular weight is 353 g/mol. The van der Waals surface area contributed by atoms with Gasteiger partial charge >= 0.3 is 0 Å². The fraction of sp³-hybridized carbons (Fsp3) is 0.636. The largest absolute Gasteiger partial charge is 0.311 e. The Morgan fingerprint density at radius 2 is 2.33 bits per heavy atom. The summed E-state index contributed by atoms with van der Waals surface area (Å²) in [6.07, 6.45) is 5.02. The standard InChI is InChI=1S/C11H15Br2NS/c1-2-11(4-3-5-14-11)7-8-6-9(12)10(13)15-8/h6,14H,2-5,7H2,1H3. The van der Waals surface area contributed by atoms with Crippen molar-refractivity contribution >= 4 is 43.2 Å². The second-order valence-corrected chi connectivity index (χ2v) is 7.48. The van der Waals surface area contributed by atoms with Crippen LogP contribution in [-0.2, 0) is 6.42 Å². The van der Waals surface area contributed by atoms with Gasteiger partial charge < -0.3 is 5.32 Å². The van der Waals surface area contributed by atoms with E-state index in [9.17, 15) is 0 Å². The second-order valence-electron chi connectivity index (χ2n) is 4.18. The summed E-state index contributed by atoms with van der Waals surface area (Å²) in [5, 5.41) is 3.67. The van der Waals surface area contributed by atoms with Gasteiger partial charge in [-0.2, -0.15) is 0 Å². The third kappa shape index (κ3) is 2.65. The van der Waals surface area contributed by atoms with Crippen LogP contribution in [0.3, 0.4) is 0 Å². The van der Waals surface area contributed by atoms with Gasteiger partial charge in [-0.1, -0.05) is 6.92 Å². The van der Waals surface area contributed by atoms with E-state index in [1.54, 1.807) is 0 Å². The molecule has 1 aliphatic heterocycles. The molecule has 1 aromatic rings. The summed E-state index contributed by atoms with van der Waals surface area (Å²) in [7, 11) is 0. The fourth-order valence-electron chi connectivity index (χ4n) is 2.26. The van der Waals surface area contributed by atoms with Gasteiger partial charge in [0.15, 0.2) is 0 Å². The van der Waals surface area contributed by atoms with Crippen molar-refractivity contribution in [3.05, 3.63) is 19.2 Å². The van der Waals surface area contributed by atoms with Gasteiger partial charge in [0, 0.05) is 21.3 Å². The first-order valence-corrected chi connectivity index (χ1v) is 7.74. The van der Waals surface area contributed by atoms with Crippen molar-refractivity contribution in [3.8, 4) is 0 Å². The Kier molecular flexibility index (Phi) is 3.92. The zero-order valence-electron chi connectivity index (χ0n) is 8.78. The van der Waals surface area contributed by atoms with Crippen molar-refractivity contribution in [3.63, 3.8) is 0 Å². The van der Waals surface area contributed by atoms with Crippen LogP contribution in [-0.4, -0.2) is 12.1 Å². The zero-order valence-corrected chi connectivity index (χ0v) is 12.8. The van der Waals surface area contributed by atoms with E-state index >= 15 is 0 Å². The first-order chi connectivity index (χ1) is 7.15. The molecule has 15 heavy (non-hydrogen) atoms. The van der Waals surface area contributed by atoms with Crippen molar-refractivity contribution in [2.24, 2.45) is 0 Å². The number of nitrogens with one attached hydrogen (secondary N) is 1. The lowest BCUT2D eigenvalue weighted by Crippen LogP contribution is -2.40. The number of thiophene rings is 1. The summed E-state index contributed by atoms with van der Waals surface area (Å²) in [5.74, 6) is 0. The van der Waals surface area contributed by atoms with Crippen LogP contribution >= 0.6 is 43.2 Å². The molecule has 1 fully saturated rings. The molecule has 1 atom stereocenters. The van der Waals surface area contributed by atoms with E-state index in [-0.39, 0.29) is 0 Å². The van der Waals surface area contributed by atoms with Gasteiger partial charge in [-0.15, -0.1) is 11.3 Å². The maximum atomic E-state index is 3.67. The molecule has 2 rings (SSSR count). The lowest BCUT2D eigenvalue weighted by atomic mass is 9.90. The van der Waals surface area contributed by atoms with Crippen LogP contribution in [0.2, 0.25) is 0 Å². The predicted molar refractivity (Wildman–Crippen MR) is 73.7 cm³/mol. The Balaban J connectivity index is 2.12. The summed E-state index contributed by atoms with van der Waals surface area (Å²) in [4.78, 5) is 1.46. The van der Waals surface area contributed by atoms with Gasteiger partial charge in [0.25, 0.3) is 0 Å². The van der Waals surface area contributed by atoms with E-state index < -0.39 is 0 Å². The lowest BCUT2D eigenvalue weighted by Gasteiger charge is -2.27. The molecule has 0 aliphatic carbocycles. The highest BCUT2D eigenvalue weighted by atomic mass is 79.9. The number of hydrogen-bond donors (Lipinski definition) is 1. The van der Waals surface area contributed by atoms with E-state index in [0.717, 1.165) is 0 Å². The summed E-state index contributed by atoms with van der Waals surface area (Å²) in [5.41, 5.74) is 0.365. The van der Waals surface area contributed by atoms with Crippen LogP contribution in [0.25, 0.3) is 0 Å². The van der Waals surface area contributed by atoms with Crippen LogP contribution in [0.4, 0.5) is 0 Å². The third-order valence-corrected chi connectivity index (χ3v) is 6.47. The summed E-state index contributed by atoms with van der Waals surface area (Å²) < 4.78 is 2.40. The Bertz CT molecular complexity index is 323. The maximum Gasteiger partial charge on any atom is 0.0843 e. The van der Waals surface area contributed by atoms with Gasteiger partial charge in [-0.05, 0) is 63.7 Å².